The third-order valence-corrected chi connectivity index (χ3v) is 3.15. The number of nitrogens with zero attached hydrogens (tertiary/aromatic N) is 1. The maximum absolute atomic E-state index is 12.1. The van der Waals surface area contributed by atoms with Crippen molar-refractivity contribution >= 4 is 11.6 Å². The molecule has 0 saturated heterocycles. The Bertz CT molecular complexity index is 660. The molecule has 0 bridgehead atoms. The van der Waals surface area contributed by atoms with E-state index < -0.39 is 0 Å². The van der Waals surface area contributed by atoms with Crippen LogP contribution in [-0.2, 0) is 0 Å². The van der Waals surface area contributed by atoms with Crippen LogP contribution in [-0.4, -0.2) is 11.6 Å². The minimum Gasteiger partial charge on any atom is -0.267 e. The van der Waals surface area contributed by atoms with Crippen LogP contribution in [0.25, 0.3) is 0 Å². The van der Waals surface area contributed by atoms with E-state index in [1.165, 1.54) is 5.56 Å². The zero-order valence-electron chi connectivity index (χ0n) is 12.0. The minimum atomic E-state index is -0.185. The smallest absolute Gasteiger partial charge is 0.267 e. The monoisotopic (exact) mass is 266 g/mol. The van der Waals surface area contributed by atoms with Gasteiger partial charge in [-0.1, -0.05) is 48.0 Å². The van der Waals surface area contributed by atoms with Gasteiger partial charge in [-0.3, -0.25) is 4.79 Å². The molecule has 0 spiro atoms. The first-order valence-corrected chi connectivity index (χ1v) is 6.55. The van der Waals surface area contributed by atoms with Gasteiger partial charge in [0, 0.05) is 5.56 Å². The Morgan fingerprint density at radius 3 is 2.50 bits per heavy atom. The number of carbonyl (C=O) groups is 1. The number of hydrazone groups is 1. The first-order chi connectivity index (χ1) is 9.58. The van der Waals surface area contributed by atoms with E-state index in [4.69, 9.17) is 0 Å². The molecule has 0 saturated carbocycles. The van der Waals surface area contributed by atoms with Gasteiger partial charge in [0.2, 0.25) is 0 Å². The Hall–Kier alpha value is -2.42. The fraction of sp³-hybridized carbons (Fsp3) is 0.176. The van der Waals surface area contributed by atoms with Crippen LogP contribution >= 0.6 is 0 Å². The van der Waals surface area contributed by atoms with Gasteiger partial charge in [0.05, 0.1) is 5.71 Å². The van der Waals surface area contributed by atoms with Crippen LogP contribution in [0.5, 0.6) is 0 Å². The molecule has 2 aromatic rings. The normalized spacial score (nSPS) is 11.2. The predicted molar refractivity (Wildman–Crippen MR) is 82.0 cm³/mol. The van der Waals surface area contributed by atoms with Crippen molar-refractivity contribution < 1.29 is 4.79 Å². The van der Waals surface area contributed by atoms with Crippen molar-refractivity contribution in [2.45, 2.75) is 20.8 Å². The van der Waals surface area contributed by atoms with E-state index in [1.54, 1.807) is 6.07 Å². The predicted octanol–water partition coefficient (Wildman–Crippen LogP) is 3.46. The molecule has 0 aliphatic heterocycles. The second kappa shape index (κ2) is 6.15. The van der Waals surface area contributed by atoms with Gasteiger partial charge in [-0.2, -0.15) is 5.10 Å². The summed E-state index contributed by atoms with van der Waals surface area (Å²) >= 11 is 0. The van der Waals surface area contributed by atoms with E-state index in [0.717, 1.165) is 16.8 Å². The number of amides is 1. The summed E-state index contributed by atoms with van der Waals surface area (Å²) in [6.45, 7) is 5.82. The van der Waals surface area contributed by atoms with Crippen molar-refractivity contribution in [3.8, 4) is 0 Å². The molecule has 20 heavy (non-hydrogen) atoms. The number of benzene rings is 2. The Balaban J connectivity index is 2.13. The number of hydrogen-bond donors (Lipinski definition) is 1. The van der Waals surface area contributed by atoms with Crippen LogP contribution in [0.15, 0.2) is 53.6 Å². The maximum atomic E-state index is 12.1. The molecule has 0 aliphatic carbocycles. The van der Waals surface area contributed by atoms with Crippen LogP contribution in [0, 0.1) is 13.8 Å². The summed E-state index contributed by atoms with van der Waals surface area (Å²) < 4.78 is 0. The second-order valence-electron chi connectivity index (χ2n) is 4.82. The van der Waals surface area contributed by atoms with E-state index in [1.807, 2.05) is 63.2 Å². The largest absolute Gasteiger partial charge is 0.271 e. The lowest BCUT2D eigenvalue weighted by Crippen LogP contribution is -2.20. The van der Waals surface area contributed by atoms with Gasteiger partial charge < -0.3 is 0 Å². The summed E-state index contributed by atoms with van der Waals surface area (Å²) in [5.41, 5.74) is 7.16. The van der Waals surface area contributed by atoms with Crippen LogP contribution in [0.1, 0.15) is 34.0 Å². The Labute approximate surface area is 119 Å². The van der Waals surface area contributed by atoms with Crippen molar-refractivity contribution in [2.24, 2.45) is 5.10 Å². The third-order valence-electron chi connectivity index (χ3n) is 3.15. The van der Waals surface area contributed by atoms with Gasteiger partial charge in [0.1, 0.15) is 0 Å². The molecule has 0 aliphatic rings. The maximum Gasteiger partial charge on any atom is 0.271 e. The summed E-state index contributed by atoms with van der Waals surface area (Å²) in [5.74, 6) is -0.185. The fourth-order valence-corrected chi connectivity index (χ4v) is 1.96. The molecule has 2 aromatic carbocycles. The molecule has 102 valence electrons. The molecule has 0 radical (unpaired) electrons. The molecule has 0 heterocycles. The van der Waals surface area contributed by atoms with Crippen LogP contribution < -0.4 is 5.43 Å². The van der Waals surface area contributed by atoms with E-state index in [2.05, 4.69) is 10.5 Å². The lowest BCUT2D eigenvalue weighted by atomic mass is 10.1. The van der Waals surface area contributed by atoms with E-state index in [-0.39, 0.29) is 5.91 Å². The summed E-state index contributed by atoms with van der Waals surface area (Å²) in [6, 6.07) is 15.5. The van der Waals surface area contributed by atoms with E-state index >= 15 is 0 Å². The Morgan fingerprint density at radius 2 is 1.80 bits per heavy atom. The Morgan fingerprint density at radius 1 is 1.05 bits per heavy atom. The number of aryl methyl sites for hydroxylation is 2. The quantitative estimate of drug-likeness (QED) is 0.671. The molecule has 1 N–H and O–H groups in total. The molecule has 3 heteroatoms. The van der Waals surface area contributed by atoms with Crippen molar-refractivity contribution in [3.63, 3.8) is 0 Å². The summed E-state index contributed by atoms with van der Waals surface area (Å²) in [5, 5.41) is 4.17. The van der Waals surface area contributed by atoms with Crippen molar-refractivity contribution in [3.05, 3.63) is 70.8 Å². The zero-order valence-corrected chi connectivity index (χ0v) is 12.0. The summed E-state index contributed by atoms with van der Waals surface area (Å²) in [4.78, 5) is 12.1. The van der Waals surface area contributed by atoms with Crippen molar-refractivity contribution in [2.75, 3.05) is 0 Å². The fourth-order valence-electron chi connectivity index (χ4n) is 1.96. The van der Waals surface area contributed by atoms with Crippen LogP contribution in [0.3, 0.4) is 0 Å². The highest BCUT2D eigenvalue weighted by molar-refractivity contribution is 6.01. The Kier molecular flexibility index (Phi) is 4.31. The van der Waals surface area contributed by atoms with Crippen molar-refractivity contribution in [1.82, 2.24) is 5.43 Å². The van der Waals surface area contributed by atoms with Gasteiger partial charge in [-0.25, -0.2) is 5.43 Å². The molecule has 0 unspecified atom stereocenters. The minimum absolute atomic E-state index is 0.185. The molecular weight excluding hydrogens is 248 g/mol. The van der Waals surface area contributed by atoms with Crippen molar-refractivity contribution in [1.29, 1.82) is 0 Å². The average molecular weight is 266 g/mol. The number of carbonyl (C=O) groups excluding carboxylic acids is 1. The van der Waals surface area contributed by atoms with E-state index in [9.17, 15) is 4.79 Å². The van der Waals surface area contributed by atoms with Gasteiger partial charge >= 0.3 is 0 Å². The summed E-state index contributed by atoms with van der Waals surface area (Å²) in [7, 11) is 0. The zero-order chi connectivity index (χ0) is 14.5. The molecule has 2 rings (SSSR count). The SMILES string of the molecule is CC(=NNC(=O)c1ccccc1C)c1cccc(C)c1. The first kappa shape index (κ1) is 14.0. The van der Waals surface area contributed by atoms with Gasteiger partial charge in [0.25, 0.3) is 5.91 Å². The summed E-state index contributed by atoms with van der Waals surface area (Å²) in [6.07, 6.45) is 0. The molecule has 0 atom stereocenters. The second-order valence-corrected chi connectivity index (χ2v) is 4.82. The molecule has 0 fully saturated rings. The first-order valence-electron chi connectivity index (χ1n) is 6.55. The van der Waals surface area contributed by atoms with Gasteiger partial charge in [-0.05, 0) is 38.0 Å². The van der Waals surface area contributed by atoms with E-state index in [0.29, 0.717) is 5.56 Å². The average Bonchev–Trinajstić information content (AvgIpc) is 2.45. The molecule has 1 amide bonds. The lowest BCUT2D eigenvalue weighted by molar-refractivity contribution is 0.0954. The highest BCUT2D eigenvalue weighted by Crippen LogP contribution is 2.07. The lowest BCUT2D eigenvalue weighted by Gasteiger charge is -2.05. The standard InChI is InChI=1S/C17H18N2O/c1-12-7-6-9-15(11-12)14(3)18-19-17(20)16-10-5-4-8-13(16)2/h4-11H,1-3H3,(H,19,20). The number of nitrogens with one attached hydrogen (secondary N) is 1. The highest BCUT2D eigenvalue weighted by atomic mass is 16.2. The van der Waals surface area contributed by atoms with Gasteiger partial charge in [-0.15, -0.1) is 0 Å². The van der Waals surface area contributed by atoms with Crippen LogP contribution in [0.4, 0.5) is 0 Å². The topological polar surface area (TPSA) is 41.5 Å². The molecule has 0 aromatic heterocycles. The molecule has 3 nitrogen and oxygen atoms in total. The van der Waals surface area contributed by atoms with Crippen LogP contribution in [0.2, 0.25) is 0 Å². The highest BCUT2D eigenvalue weighted by Gasteiger charge is 2.07. The van der Waals surface area contributed by atoms with Gasteiger partial charge in [0.15, 0.2) is 0 Å². The third kappa shape index (κ3) is 3.32. The number of hydrogen-bond acceptors (Lipinski definition) is 2. The number of rotatable bonds is 3. The molecular formula is C17H18N2O.